The van der Waals surface area contributed by atoms with Crippen LogP contribution >= 0.6 is 0 Å². The molecule has 3 unspecified atom stereocenters. The predicted octanol–water partition coefficient (Wildman–Crippen LogP) is 3.01. The van der Waals surface area contributed by atoms with Gasteiger partial charge in [0.25, 0.3) is 0 Å². The summed E-state index contributed by atoms with van der Waals surface area (Å²) >= 11 is 0. The lowest BCUT2D eigenvalue weighted by atomic mass is 9.91. The normalized spacial score (nSPS) is 24.1. The number of anilines is 1. The molecule has 1 aliphatic heterocycles. The molecule has 0 saturated carbocycles. The summed E-state index contributed by atoms with van der Waals surface area (Å²) in [5, 5.41) is 11.7. The predicted molar refractivity (Wildman–Crippen MR) is 83.8 cm³/mol. The zero-order chi connectivity index (χ0) is 15.4. The number of nitrogens with one attached hydrogen (secondary N) is 1. The average Bonchev–Trinajstić information content (AvgIpc) is 2.50. The molecule has 1 saturated heterocycles. The molecular formula is C17H23N3O. The van der Waals surface area contributed by atoms with Crippen LogP contribution in [0.5, 0.6) is 0 Å². The minimum absolute atomic E-state index is 0.0145. The first kappa shape index (κ1) is 15.5. The van der Waals surface area contributed by atoms with E-state index in [1.54, 1.807) is 24.3 Å². The number of hydrogen-bond acceptors (Lipinski definition) is 3. The van der Waals surface area contributed by atoms with Gasteiger partial charge in [0, 0.05) is 11.7 Å². The molecule has 0 spiro atoms. The van der Waals surface area contributed by atoms with Crippen LogP contribution < -0.4 is 5.32 Å². The summed E-state index contributed by atoms with van der Waals surface area (Å²) in [5.74, 6) is 0.643. The zero-order valence-corrected chi connectivity index (χ0v) is 13.0. The van der Waals surface area contributed by atoms with Crippen molar-refractivity contribution >= 4 is 11.6 Å². The highest BCUT2D eigenvalue weighted by Crippen LogP contribution is 2.25. The lowest BCUT2D eigenvalue weighted by Gasteiger charge is -2.41. The number of carbonyl (C=O) groups is 1. The minimum Gasteiger partial charge on any atom is -0.325 e. The Morgan fingerprint density at radius 2 is 2.05 bits per heavy atom. The lowest BCUT2D eigenvalue weighted by molar-refractivity contribution is -0.122. The van der Waals surface area contributed by atoms with Crippen molar-refractivity contribution < 1.29 is 4.79 Å². The van der Waals surface area contributed by atoms with Crippen LogP contribution in [0.1, 0.15) is 39.2 Å². The van der Waals surface area contributed by atoms with Gasteiger partial charge in [-0.1, -0.05) is 6.92 Å². The maximum atomic E-state index is 12.4. The summed E-state index contributed by atoms with van der Waals surface area (Å²) in [5.41, 5.74) is 1.34. The number of piperidine rings is 1. The SMILES string of the molecule is CC1CCCN(C(C)C(=O)Nc2ccc(C#N)cc2)C1C. The van der Waals surface area contributed by atoms with Crippen LogP contribution in [0.15, 0.2) is 24.3 Å². The number of likely N-dealkylation sites (tertiary alicyclic amines) is 1. The molecule has 21 heavy (non-hydrogen) atoms. The van der Waals surface area contributed by atoms with Gasteiger partial charge in [-0.05, 0) is 63.4 Å². The summed E-state index contributed by atoms with van der Waals surface area (Å²) in [6.07, 6.45) is 2.39. The number of amides is 1. The summed E-state index contributed by atoms with van der Waals surface area (Å²) < 4.78 is 0. The fourth-order valence-corrected chi connectivity index (χ4v) is 2.94. The van der Waals surface area contributed by atoms with E-state index in [2.05, 4.69) is 30.1 Å². The van der Waals surface area contributed by atoms with Gasteiger partial charge < -0.3 is 5.32 Å². The van der Waals surface area contributed by atoms with Crippen LogP contribution in [0.25, 0.3) is 0 Å². The summed E-state index contributed by atoms with van der Waals surface area (Å²) in [7, 11) is 0. The van der Waals surface area contributed by atoms with Crippen LogP contribution in [0.3, 0.4) is 0 Å². The van der Waals surface area contributed by atoms with Gasteiger partial charge in [0.2, 0.25) is 5.91 Å². The Kier molecular flexibility index (Phi) is 4.98. The second-order valence-electron chi connectivity index (χ2n) is 5.95. The highest BCUT2D eigenvalue weighted by atomic mass is 16.2. The third-order valence-electron chi connectivity index (χ3n) is 4.58. The lowest BCUT2D eigenvalue weighted by Crippen LogP contribution is -2.51. The number of rotatable bonds is 3. The fraction of sp³-hybridized carbons (Fsp3) is 0.529. The van der Waals surface area contributed by atoms with Crippen LogP contribution in [0, 0.1) is 17.2 Å². The molecule has 4 heteroatoms. The second kappa shape index (κ2) is 6.73. The molecule has 0 aliphatic carbocycles. The van der Waals surface area contributed by atoms with E-state index in [0.29, 0.717) is 17.5 Å². The van der Waals surface area contributed by atoms with Crippen molar-refractivity contribution in [1.82, 2.24) is 4.90 Å². The summed E-state index contributed by atoms with van der Waals surface area (Å²) in [6.45, 7) is 7.40. The molecular weight excluding hydrogens is 262 g/mol. The Bertz CT molecular complexity index is 532. The van der Waals surface area contributed by atoms with Gasteiger partial charge in [0.15, 0.2) is 0 Å². The van der Waals surface area contributed by atoms with Crippen LogP contribution in [-0.2, 0) is 4.79 Å². The molecule has 112 valence electrons. The van der Waals surface area contributed by atoms with Crippen LogP contribution in [-0.4, -0.2) is 29.4 Å². The average molecular weight is 285 g/mol. The van der Waals surface area contributed by atoms with Crippen molar-refractivity contribution in [2.75, 3.05) is 11.9 Å². The molecule has 4 nitrogen and oxygen atoms in total. The van der Waals surface area contributed by atoms with Gasteiger partial charge in [-0.3, -0.25) is 9.69 Å². The number of carbonyl (C=O) groups excluding carboxylic acids is 1. The molecule has 0 aromatic heterocycles. The van der Waals surface area contributed by atoms with Crippen LogP contribution in [0.2, 0.25) is 0 Å². The molecule has 1 aromatic carbocycles. The second-order valence-corrected chi connectivity index (χ2v) is 5.95. The van der Waals surface area contributed by atoms with Gasteiger partial charge in [-0.15, -0.1) is 0 Å². The maximum absolute atomic E-state index is 12.4. The number of nitrogens with zero attached hydrogens (tertiary/aromatic N) is 2. The Morgan fingerprint density at radius 3 is 2.67 bits per heavy atom. The molecule has 1 aromatic rings. The highest BCUT2D eigenvalue weighted by molar-refractivity contribution is 5.94. The Morgan fingerprint density at radius 1 is 1.38 bits per heavy atom. The van der Waals surface area contributed by atoms with Gasteiger partial charge in [0.1, 0.15) is 0 Å². The van der Waals surface area contributed by atoms with E-state index in [1.807, 2.05) is 6.92 Å². The Balaban J connectivity index is 2.00. The molecule has 1 N–H and O–H groups in total. The molecule has 0 radical (unpaired) electrons. The van der Waals surface area contributed by atoms with Crippen molar-refractivity contribution in [1.29, 1.82) is 5.26 Å². The Hall–Kier alpha value is -1.86. The first-order chi connectivity index (χ1) is 10.0. The smallest absolute Gasteiger partial charge is 0.241 e. The highest BCUT2D eigenvalue weighted by Gasteiger charge is 2.31. The number of benzene rings is 1. The van der Waals surface area contributed by atoms with Gasteiger partial charge in [0.05, 0.1) is 17.7 Å². The first-order valence-electron chi connectivity index (χ1n) is 7.59. The van der Waals surface area contributed by atoms with Gasteiger partial charge in [-0.25, -0.2) is 0 Å². The maximum Gasteiger partial charge on any atom is 0.241 e. The van der Waals surface area contributed by atoms with E-state index < -0.39 is 0 Å². The van der Waals surface area contributed by atoms with Crippen molar-refractivity contribution in [3.05, 3.63) is 29.8 Å². The van der Waals surface area contributed by atoms with E-state index in [9.17, 15) is 4.79 Å². The fourth-order valence-electron chi connectivity index (χ4n) is 2.94. The van der Waals surface area contributed by atoms with E-state index in [0.717, 1.165) is 18.7 Å². The third-order valence-corrected chi connectivity index (χ3v) is 4.58. The molecule has 1 fully saturated rings. The molecule has 1 heterocycles. The van der Waals surface area contributed by atoms with Crippen molar-refractivity contribution in [3.8, 4) is 6.07 Å². The molecule has 2 rings (SSSR count). The molecule has 1 aliphatic rings. The molecule has 0 bridgehead atoms. The van der Waals surface area contributed by atoms with Crippen molar-refractivity contribution in [2.45, 2.75) is 45.7 Å². The van der Waals surface area contributed by atoms with E-state index in [1.165, 1.54) is 6.42 Å². The Labute approximate surface area is 126 Å². The summed E-state index contributed by atoms with van der Waals surface area (Å²) in [6, 6.07) is 9.33. The summed E-state index contributed by atoms with van der Waals surface area (Å²) in [4.78, 5) is 14.7. The van der Waals surface area contributed by atoms with Gasteiger partial charge in [-0.2, -0.15) is 5.26 Å². The first-order valence-corrected chi connectivity index (χ1v) is 7.59. The largest absolute Gasteiger partial charge is 0.325 e. The van der Waals surface area contributed by atoms with E-state index in [-0.39, 0.29) is 11.9 Å². The molecule has 3 atom stereocenters. The van der Waals surface area contributed by atoms with Gasteiger partial charge >= 0.3 is 0 Å². The standard InChI is InChI=1S/C17H23N3O/c1-12-5-4-10-20(13(12)2)14(3)17(21)19-16-8-6-15(11-18)7-9-16/h6-9,12-14H,4-5,10H2,1-3H3,(H,19,21). The van der Waals surface area contributed by atoms with E-state index >= 15 is 0 Å². The van der Waals surface area contributed by atoms with E-state index in [4.69, 9.17) is 5.26 Å². The quantitative estimate of drug-likeness (QED) is 0.928. The zero-order valence-electron chi connectivity index (χ0n) is 13.0. The minimum atomic E-state index is -0.140. The third kappa shape index (κ3) is 3.62. The number of nitriles is 1. The molecule has 1 amide bonds. The topological polar surface area (TPSA) is 56.1 Å². The number of hydrogen-bond donors (Lipinski definition) is 1. The van der Waals surface area contributed by atoms with Crippen molar-refractivity contribution in [3.63, 3.8) is 0 Å². The van der Waals surface area contributed by atoms with Crippen LogP contribution in [0.4, 0.5) is 5.69 Å². The monoisotopic (exact) mass is 285 g/mol. The van der Waals surface area contributed by atoms with Crippen molar-refractivity contribution in [2.24, 2.45) is 5.92 Å².